The van der Waals surface area contributed by atoms with Crippen LogP contribution in [-0.2, 0) is 27.6 Å². The Morgan fingerprint density at radius 3 is 2.45 bits per heavy atom. The van der Waals surface area contributed by atoms with Crippen molar-refractivity contribution in [1.82, 2.24) is 10.2 Å². The number of benzene rings is 3. The lowest BCUT2D eigenvalue weighted by molar-refractivity contribution is -0.136. The van der Waals surface area contributed by atoms with Gasteiger partial charge in [0.25, 0.3) is 5.91 Å². The van der Waals surface area contributed by atoms with Crippen molar-refractivity contribution in [3.8, 4) is 0 Å². The molecule has 1 aliphatic heterocycles. The van der Waals surface area contributed by atoms with E-state index in [4.69, 9.17) is 0 Å². The molecule has 7 nitrogen and oxygen atoms in total. The second kappa shape index (κ2) is 10.9. The first-order valence-electron chi connectivity index (χ1n) is 14.5. The highest BCUT2D eigenvalue weighted by molar-refractivity contribution is 7.93. The van der Waals surface area contributed by atoms with Gasteiger partial charge in [0.05, 0.1) is 10.9 Å². The van der Waals surface area contributed by atoms with Crippen LogP contribution in [0.25, 0.3) is 10.8 Å². The summed E-state index contributed by atoms with van der Waals surface area (Å²) >= 11 is 0. The van der Waals surface area contributed by atoms with E-state index in [1.807, 2.05) is 24.3 Å². The van der Waals surface area contributed by atoms with E-state index in [9.17, 15) is 23.4 Å². The fourth-order valence-electron chi connectivity index (χ4n) is 6.60. The van der Waals surface area contributed by atoms with E-state index in [2.05, 4.69) is 28.4 Å². The van der Waals surface area contributed by atoms with E-state index in [1.165, 1.54) is 36.5 Å². The lowest BCUT2D eigenvalue weighted by Crippen LogP contribution is -2.51. The molecule has 212 valence electrons. The highest BCUT2D eigenvalue weighted by Crippen LogP contribution is 2.50. The van der Waals surface area contributed by atoms with Crippen molar-refractivity contribution in [2.45, 2.75) is 85.8 Å². The van der Waals surface area contributed by atoms with Crippen molar-refractivity contribution in [2.75, 3.05) is 13.1 Å². The molecule has 0 radical (unpaired) electrons. The molecular weight excluding hydrogens is 524 g/mol. The molecule has 1 heterocycles. The number of aliphatic hydroxyl groups excluding tert-OH is 2. The summed E-state index contributed by atoms with van der Waals surface area (Å²) in [7, 11) is -3.99. The van der Waals surface area contributed by atoms with Crippen LogP contribution >= 0.6 is 0 Å². The summed E-state index contributed by atoms with van der Waals surface area (Å²) in [6.07, 6.45) is 3.19. The van der Waals surface area contributed by atoms with Crippen LogP contribution in [-0.4, -0.2) is 59.5 Å². The SMILES string of the molecule is O=C(N[C@@H]1CCCc2cc(CN3CCCCC3)ccc21)[C@H](O)[C@@H](O)C1(S(=O)(=O)c2ccc3ccccc3c2)CC1. The largest absolute Gasteiger partial charge is 0.388 e. The van der Waals surface area contributed by atoms with Crippen LogP contribution in [0.4, 0.5) is 0 Å². The number of amides is 1. The van der Waals surface area contributed by atoms with Gasteiger partial charge in [0, 0.05) is 6.54 Å². The van der Waals surface area contributed by atoms with E-state index < -0.39 is 32.7 Å². The highest BCUT2D eigenvalue weighted by Gasteiger charge is 2.62. The van der Waals surface area contributed by atoms with Gasteiger partial charge < -0.3 is 15.5 Å². The molecule has 3 aromatic carbocycles. The summed E-state index contributed by atoms with van der Waals surface area (Å²) in [6, 6.07) is 18.5. The van der Waals surface area contributed by atoms with Gasteiger partial charge in [-0.1, -0.05) is 55.0 Å². The average Bonchev–Trinajstić information content (AvgIpc) is 3.79. The maximum Gasteiger partial charge on any atom is 0.252 e. The molecule has 3 N–H and O–H groups in total. The number of aryl methyl sites for hydroxylation is 1. The molecule has 1 amide bonds. The number of fused-ring (bicyclic) bond motifs is 2. The minimum Gasteiger partial charge on any atom is -0.388 e. The van der Waals surface area contributed by atoms with Gasteiger partial charge in [-0.2, -0.15) is 0 Å². The number of aliphatic hydroxyl groups is 2. The summed E-state index contributed by atoms with van der Waals surface area (Å²) in [5, 5.41) is 26.6. The summed E-state index contributed by atoms with van der Waals surface area (Å²) in [5.41, 5.74) is 3.52. The van der Waals surface area contributed by atoms with Crippen molar-refractivity contribution in [2.24, 2.45) is 0 Å². The molecule has 8 heteroatoms. The highest BCUT2D eigenvalue weighted by atomic mass is 32.2. The summed E-state index contributed by atoms with van der Waals surface area (Å²) in [4.78, 5) is 15.8. The Morgan fingerprint density at radius 1 is 0.950 bits per heavy atom. The summed E-state index contributed by atoms with van der Waals surface area (Å²) in [6.45, 7) is 3.20. The Hall–Kier alpha value is -2.78. The maximum atomic E-state index is 13.7. The third kappa shape index (κ3) is 5.07. The Balaban J connectivity index is 1.15. The summed E-state index contributed by atoms with van der Waals surface area (Å²) in [5.74, 6) is -0.734. The zero-order valence-electron chi connectivity index (χ0n) is 22.8. The van der Waals surface area contributed by atoms with Crippen molar-refractivity contribution in [1.29, 1.82) is 0 Å². The third-order valence-electron chi connectivity index (χ3n) is 9.11. The zero-order valence-corrected chi connectivity index (χ0v) is 23.6. The van der Waals surface area contributed by atoms with Crippen LogP contribution in [0.1, 0.15) is 67.7 Å². The molecule has 0 aromatic heterocycles. The first kappa shape index (κ1) is 27.4. The fraction of sp³-hybridized carbons (Fsp3) is 0.469. The van der Waals surface area contributed by atoms with Gasteiger partial charge in [-0.3, -0.25) is 9.69 Å². The van der Waals surface area contributed by atoms with Crippen molar-refractivity contribution >= 4 is 26.5 Å². The van der Waals surface area contributed by atoms with Gasteiger partial charge in [-0.15, -0.1) is 0 Å². The first-order chi connectivity index (χ1) is 19.3. The number of nitrogens with zero attached hydrogens (tertiary/aromatic N) is 1. The van der Waals surface area contributed by atoms with E-state index in [0.29, 0.717) is 0 Å². The lowest BCUT2D eigenvalue weighted by Gasteiger charge is -2.31. The van der Waals surface area contributed by atoms with Gasteiger partial charge in [0.2, 0.25) is 0 Å². The lowest BCUT2D eigenvalue weighted by atomic mass is 9.86. The molecule has 1 saturated heterocycles. The molecule has 0 spiro atoms. The second-order valence-electron chi connectivity index (χ2n) is 11.8. The number of sulfone groups is 1. The van der Waals surface area contributed by atoms with Crippen LogP contribution in [0, 0.1) is 0 Å². The van der Waals surface area contributed by atoms with Crippen LogP contribution in [0.15, 0.2) is 65.6 Å². The van der Waals surface area contributed by atoms with Gasteiger partial charge in [-0.05, 0) is 97.6 Å². The van der Waals surface area contributed by atoms with Crippen LogP contribution < -0.4 is 5.32 Å². The molecule has 0 bridgehead atoms. The van der Waals surface area contributed by atoms with Gasteiger partial charge >= 0.3 is 0 Å². The van der Waals surface area contributed by atoms with Crippen LogP contribution in [0.2, 0.25) is 0 Å². The number of piperidine rings is 1. The first-order valence-corrected chi connectivity index (χ1v) is 16.0. The maximum absolute atomic E-state index is 13.7. The molecule has 40 heavy (non-hydrogen) atoms. The molecule has 3 aliphatic rings. The molecule has 3 atom stereocenters. The fourth-order valence-corrected chi connectivity index (χ4v) is 8.68. The normalized spacial score (nSPS) is 22.3. The number of hydrogen-bond acceptors (Lipinski definition) is 6. The standard InChI is InChI=1S/C32H38N2O5S/c35-29(30(36)32(15-16-32)40(38,39)26-13-12-23-7-2-3-8-24(23)20-26)31(37)33-28-10-6-9-25-19-22(11-14-27(25)28)21-34-17-4-1-5-18-34/h2-3,7-8,11-14,19-20,28-30,35-36H,1,4-6,9-10,15-18,21H2,(H,33,37)/t28-,29-,30-/m1/s1. The molecule has 2 aliphatic carbocycles. The quantitative estimate of drug-likeness (QED) is 0.383. The zero-order chi connectivity index (χ0) is 27.9. The Morgan fingerprint density at radius 2 is 1.70 bits per heavy atom. The van der Waals surface area contributed by atoms with Gasteiger partial charge in [0.1, 0.15) is 10.9 Å². The minimum atomic E-state index is -3.99. The third-order valence-corrected chi connectivity index (χ3v) is 11.7. The number of carbonyl (C=O) groups excluding carboxylic acids is 1. The minimum absolute atomic E-state index is 0.0944. The Bertz CT molecular complexity index is 1510. The number of hydrogen-bond donors (Lipinski definition) is 3. The van der Waals surface area contributed by atoms with E-state index in [-0.39, 0.29) is 23.8 Å². The number of likely N-dealkylation sites (tertiary alicyclic amines) is 1. The molecule has 0 unspecified atom stereocenters. The predicted molar refractivity (Wildman–Crippen MR) is 155 cm³/mol. The average molecular weight is 563 g/mol. The number of nitrogens with one attached hydrogen (secondary N) is 1. The van der Waals surface area contributed by atoms with E-state index in [0.717, 1.165) is 55.2 Å². The molecule has 2 fully saturated rings. The topological polar surface area (TPSA) is 107 Å². The van der Waals surface area contributed by atoms with Crippen molar-refractivity contribution < 1.29 is 23.4 Å². The van der Waals surface area contributed by atoms with Crippen molar-refractivity contribution in [3.63, 3.8) is 0 Å². The molecule has 1 saturated carbocycles. The number of rotatable bonds is 8. The smallest absolute Gasteiger partial charge is 0.252 e. The number of carbonyl (C=O) groups is 1. The van der Waals surface area contributed by atoms with Crippen LogP contribution in [0.3, 0.4) is 0 Å². The van der Waals surface area contributed by atoms with Crippen molar-refractivity contribution in [3.05, 3.63) is 77.4 Å². The predicted octanol–water partition coefficient (Wildman–Crippen LogP) is 4.05. The van der Waals surface area contributed by atoms with Gasteiger partial charge in [0.15, 0.2) is 15.9 Å². The molecular formula is C32H38N2O5S. The molecule has 3 aromatic rings. The van der Waals surface area contributed by atoms with E-state index in [1.54, 1.807) is 12.1 Å². The van der Waals surface area contributed by atoms with Gasteiger partial charge in [-0.25, -0.2) is 8.42 Å². The molecule has 6 rings (SSSR count). The monoisotopic (exact) mass is 562 g/mol. The summed E-state index contributed by atoms with van der Waals surface area (Å²) < 4.78 is 25.7. The Kier molecular flexibility index (Phi) is 7.46. The second-order valence-corrected chi connectivity index (χ2v) is 14.1. The van der Waals surface area contributed by atoms with Crippen LogP contribution in [0.5, 0.6) is 0 Å². The van der Waals surface area contributed by atoms with E-state index >= 15 is 0 Å². The Labute approximate surface area is 236 Å².